The molecule has 3 N–H and O–H groups in total. The van der Waals surface area contributed by atoms with Crippen molar-refractivity contribution in [3.05, 3.63) is 65.7 Å². The fraction of sp³-hybridized carbons (Fsp3) is 0.318. The minimum atomic E-state index is -0.384. The second kappa shape index (κ2) is 6.87. The number of nitrogens with two attached hydrogens (primary N) is 1. The molecule has 134 valence electrons. The van der Waals surface area contributed by atoms with Crippen LogP contribution < -0.4 is 10.6 Å². The lowest BCUT2D eigenvalue weighted by Gasteiger charge is -2.38. The number of hydrogen-bond donors (Lipinski definition) is 2. The standard InChI is InChI=1S/C22H25N3O/c1-15-11-17(12-16-5-3-2-4-6-16)9-10-25(15)21-14-19-13-18(22(23)26)7-8-20(19)24-21/h2-8,13-15,17,24H,9-12H2,1H3,(H2,23,26)/t15-,17-/m0/s1. The predicted molar refractivity (Wildman–Crippen MR) is 106 cm³/mol. The number of aromatic nitrogens is 1. The number of aromatic amines is 1. The Morgan fingerprint density at radius 2 is 2.00 bits per heavy atom. The Hall–Kier alpha value is -2.75. The molecule has 1 amide bonds. The van der Waals surface area contributed by atoms with Crippen LogP contribution in [0.3, 0.4) is 0 Å². The highest BCUT2D eigenvalue weighted by atomic mass is 16.1. The van der Waals surface area contributed by atoms with Crippen molar-refractivity contribution in [2.45, 2.75) is 32.2 Å². The summed E-state index contributed by atoms with van der Waals surface area (Å²) in [5.41, 5.74) is 8.43. The minimum Gasteiger partial charge on any atom is -0.366 e. The van der Waals surface area contributed by atoms with Gasteiger partial charge in [-0.1, -0.05) is 30.3 Å². The van der Waals surface area contributed by atoms with Gasteiger partial charge in [-0.05, 0) is 61.9 Å². The SMILES string of the molecule is C[C@H]1C[C@@H](Cc2ccccc2)CCN1c1cc2cc(C(N)=O)ccc2[nH]1. The third-order valence-electron chi connectivity index (χ3n) is 5.55. The molecule has 26 heavy (non-hydrogen) atoms. The quantitative estimate of drug-likeness (QED) is 0.746. The van der Waals surface area contributed by atoms with E-state index in [2.05, 4.69) is 53.2 Å². The summed E-state index contributed by atoms with van der Waals surface area (Å²) in [6, 6.07) is 19.0. The number of piperidine rings is 1. The van der Waals surface area contributed by atoms with E-state index in [0.717, 1.165) is 35.6 Å². The smallest absolute Gasteiger partial charge is 0.248 e. The fourth-order valence-corrected chi connectivity index (χ4v) is 4.19. The van der Waals surface area contributed by atoms with Crippen LogP contribution in [0.4, 0.5) is 5.82 Å². The number of H-pyrrole nitrogens is 1. The van der Waals surface area contributed by atoms with Crippen molar-refractivity contribution in [1.29, 1.82) is 0 Å². The molecule has 0 bridgehead atoms. The second-order valence-electron chi connectivity index (χ2n) is 7.44. The van der Waals surface area contributed by atoms with Crippen molar-refractivity contribution in [3.8, 4) is 0 Å². The van der Waals surface area contributed by atoms with Crippen molar-refractivity contribution in [2.24, 2.45) is 11.7 Å². The molecule has 1 aromatic heterocycles. The molecule has 0 saturated carbocycles. The van der Waals surface area contributed by atoms with Gasteiger partial charge < -0.3 is 15.6 Å². The third-order valence-corrected chi connectivity index (χ3v) is 5.55. The fourth-order valence-electron chi connectivity index (χ4n) is 4.19. The van der Waals surface area contributed by atoms with Crippen LogP contribution in [-0.4, -0.2) is 23.5 Å². The van der Waals surface area contributed by atoms with Gasteiger partial charge in [0.1, 0.15) is 5.82 Å². The van der Waals surface area contributed by atoms with Crippen LogP contribution in [0.2, 0.25) is 0 Å². The number of benzene rings is 2. The van der Waals surface area contributed by atoms with Gasteiger partial charge in [0, 0.05) is 29.1 Å². The van der Waals surface area contributed by atoms with Crippen molar-refractivity contribution >= 4 is 22.6 Å². The van der Waals surface area contributed by atoms with Crippen molar-refractivity contribution in [2.75, 3.05) is 11.4 Å². The van der Waals surface area contributed by atoms with E-state index in [4.69, 9.17) is 5.73 Å². The zero-order chi connectivity index (χ0) is 18.1. The molecule has 2 atom stereocenters. The summed E-state index contributed by atoms with van der Waals surface area (Å²) in [5.74, 6) is 1.48. The highest BCUT2D eigenvalue weighted by molar-refractivity contribution is 5.97. The molecule has 1 fully saturated rings. The first-order valence-corrected chi connectivity index (χ1v) is 9.33. The molecule has 3 aromatic rings. The van der Waals surface area contributed by atoms with Gasteiger partial charge in [-0.2, -0.15) is 0 Å². The van der Waals surface area contributed by atoms with Gasteiger partial charge in [-0.15, -0.1) is 0 Å². The molecule has 1 saturated heterocycles. The maximum Gasteiger partial charge on any atom is 0.248 e. The third kappa shape index (κ3) is 3.32. The number of carbonyl (C=O) groups excluding carboxylic acids is 1. The number of carbonyl (C=O) groups is 1. The van der Waals surface area contributed by atoms with E-state index >= 15 is 0 Å². The molecule has 4 heteroatoms. The average molecular weight is 347 g/mol. The van der Waals surface area contributed by atoms with Crippen LogP contribution in [0.1, 0.15) is 35.7 Å². The number of hydrogen-bond acceptors (Lipinski definition) is 2. The highest BCUT2D eigenvalue weighted by Gasteiger charge is 2.26. The molecule has 0 unspecified atom stereocenters. The van der Waals surface area contributed by atoms with Crippen molar-refractivity contribution < 1.29 is 4.79 Å². The average Bonchev–Trinajstić information content (AvgIpc) is 3.05. The first-order valence-electron chi connectivity index (χ1n) is 9.33. The van der Waals surface area contributed by atoms with E-state index in [0.29, 0.717) is 11.6 Å². The zero-order valence-corrected chi connectivity index (χ0v) is 15.1. The maximum absolute atomic E-state index is 11.4. The molecule has 4 nitrogen and oxygen atoms in total. The predicted octanol–water partition coefficient (Wildman–Crippen LogP) is 4.11. The van der Waals surface area contributed by atoms with E-state index in [9.17, 15) is 4.79 Å². The van der Waals surface area contributed by atoms with Gasteiger partial charge in [-0.25, -0.2) is 0 Å². The first kappa shape index (κ1) is 16.7. The first-order chi connectivity index (χ1) is 12.6. The zero-order valence-electron chi connectivity index (χ0n) is 15.1. The monoisotopic (exact) mass is 347 g/mol. The Kier molecular flexibility index (Phi) is 4.41. The normalized spacial score (nSPS) is 20.4. The number of nitrogens with zero attached hydrogens (tertiary/aromatic N) is 1. The number of amides is 1. The molecule has 2 aromatic carbocycles. The van der Waals surface area contributed by atoms with Gasteiger partial charge in [0.2, 0.25) is 5.91 Å². The lowest BCUT2D eigenvalue weighted by atomic mass is 9.86. The largest absolute Gasteiger partial charge is 0.366 e. The molecule has 0 radical (unpaired) electrons. The van der Waals surface area contributed by atoms with Gasteiger partial charge in [-0.3, -0.25) is 4.79 Å². The number of rotatable bonds is 4. The number of fused-ring (bicyclic) bond motifs is 1. The van der Waals surface area contributed by atoms with Gasteiger partial charge >= 0.3 is 0 Å². The Bertz CT molecular complexity index is 916. The molecule has 1 aliphatic rings. The van der Waals surface area contributed by atoms with E-state index < -0.39 is 0 Å². The minimum absolute atomic E-state index is 0.384. The van der Waals surface area contributed by atoms with Gasteiger partial charge in [0.15, 0.2) is 0 Å². The van der Waals surface area contributed by atoms with E-state index in [1.165, 1.54) is 18.4 Å². The molecule has 0 aliphatic carbocycles. The molecule has 1 aliphatic heterocycles. The van der Waals surface area contributed by atoms with Crippen LogP contribution in [0.25, 0.3) is 10.9 Å². The van der Waals surface area contributed by atoms with E-state index in [1.54, 1.807) is 6.07 Å². The van der Waals surface area contributed by atoms with Gasteiger partial charge in [0.05, 0.1) is 0 Å². The second-order valence-corrected chi connectivity index (χ2v) is 7.44. The molecular formula is C22H25N3O. The number of primary amides is 1. The Morgan fingerprint density at radius 3 is 2.73 bits per heavy atom. The summed E-state index contributed by atoms with van der Waals surface area (Å²) < 4.78 is 0. The molecule has 4 rings (SSSR count). The maximum atomic E-state index is 11.4. The summed E-state index contributed by atoms with van der Waals surface area (Å²) in [4.78, 5) is 17.3. The summed E-state index contributed by atoms with van der Waals surface area (Å²) >= 11 is 0. The van der Waals surface area contributed by atoms with Crippen molar-refractivity contribution in [1.82, 2.24) is 4.98 Å². The topological polar surface area (TPSA) is 62.1 Å². The highest BCUT2D eigenvalue weighted by Crippen LogP contribution is 2.31. The Morgan fingerprint density at radius 1 is 1.19 bits per heavy atom. The van der Waals surface area contributed by atoms with Crippen molar-refractivity contribution in [3.63, 3.8) is 0 Å². The van der Waals surface area contributed by atoms with Crippen LogP contribution in [0, 0.1) is 5.92 Å². The molecule has 0 spiro atoms. The van der Waals surface area contributed by atoms with E-state index in [1.807, 2.05) is 12.1 Å². The van der Waals surface area contributed by atoms with Gasteiger partial charge in [0.25, 0.3) is 0 Å². The van der Waals surface area contributed by atoms with Crippen LogP contribution in [0.5, 0.6) is 0 Å². The lowest BCUT2D eigenvalue weighted by molar-refractivity contribution is 0.100. The van der Waals surface area contributed by atoms with Crippen LogP contribution in [-0.2, 0) is 6.42 Å². The lowest BCUT2D eigenvalue weighted by Crippen LogP contribution is -2.41. The Labute approximate surface area is 154 Å². The van der Waals surface area contributed by atoms with Crippen LogP contribution >= 0.6 is 0 Å². The van der Waals surface area contributed by atoms with Crippen LogP contribution in [0.15, 0.2) is 54.6 Å². The number of anilines is 1. The molecule has 2 heterocycles. The number of nitrogens with one attached hydrogen (secondary N) is 1. The summed E-state index contributed by atoms with van der Waals surface area (Å²) in [7, 11) is 0. The van der Waals surface area contributed by atoms with E-state index in [-0.39, 0.29) is 5.91 Å². The molecular weight excluding hydrogens is 322 g/mol. The Balaban J connectivity index is 1.49. The summed E-state index contributed by atoms with van der Waals surface area (Å²) in [6.45, 7) is 3.35. The summed E-state index contributed by atoms with van der Waals surface area (Å²) in [5, 5.41) is 1.04. The summed E-state index contributed by atoms with van der Waals surface area (Å²) in [6.07, 6.45) is 3.55.